The third kappa shape index (κ3) is 4.96. The minimum Gasteiger partial charge on any atom is -0.339 e. The van der Waals surface area contributed by atoms with Gasteiger partial charge in [0.2, 0.25) is 10.6 Å². The van der Waals surface area contributed by atoms with E-state index < -0.39 is 36.2 Å². The summed E-state index contributed by atoms with van der Waals surface area (Å²) in [4.78, 5) is 24.7. The largest absolute Gasteiger partial charge is 0.412 e. The molecule has 1 amide bonds. The second-order valence-electron chi connectivity index (χ2n) is 6.34. The van der Waals surface area contributed by atoms with Crippen LogP contribution in [0.1, 0.15) is 17.2 Å². The molecule has 0 saturated heterocycles. The number of nitrogens with one attached hydrogen (secondary N) is 1. The summed E-state index contributed by atoms with van der Waals surface area (Å²) in [5, 5.41) is 5.73. The van der Waals surface area contributed by atoms with Crippen molar-refractivity contribution in [2.24, 2.45) is 0 Å². The molecule has 158 valence electrons. The first kappa shape index (κ1) is 21.8. The van der Waals surface area contributed by atoms with Crippen LogP contribution in [-0.2, 0) is 17.9 Å². The van der Waals surface area contributed by atoms with Crippen LogP contribution in [-0.4, -0.2) is 26.4 Å². The molecule has 1 unspecified atom stereocenters. The van der Waals surface area contributed by atoms with Crippen molar-refractivity contribution in [2.75, 3.05) is 0 Å². The molecule has 30 heavy (non-hydrogen) atoms. The van der Waals surface area contributed by atoms with E-state index in [9.17, 15) is 27.2 Å². The average molecular weight is 487 g/mol. The highest BCUT2D eigenvalue weighted by atomic mass is 79.9. The number of alkyl halides is 3. The van der Waals surface area contributed by atoms with Crippen molar-refractivity contribution in [3.63, 3.8) is 0 Å². The molecule has 0 saturated carbocycles. The second-order valence-corrected chi connectivity index (χ2v) is 7.05. The van der Waals surface area contributed by atoms with Gasteiger partial charge in [-0.2, -0.15) is 13.2 Å². The van der Waals surface area contributed by atoms with Gasteiger partial charge in [-0.3, -0.25) is 9.36 Å². The molecule has 0 spiro atoms. The summed E-state index contributed by atoms with van der Waals surface area (Å²) in [6.07, 6.45) is -4.73. The van der Waals surface area contributed by atoms with Crippen molar-refractivity contribution >= 4 is 21.8 Å². The molecule has 1 aromatic heterocycles. The number of amides is 1. The second kappa shape index (κ2) is 8.82. The summed E-state index contributed by atoms with van der Waals surface area (Å²) in [7, 11) is 0. The smallest absolute Gasteiger partial charge is 0.339 e. The lowest BCUT2D eigenvalue weighted by atomic mass is 10.1. The Bertz CT molecular complexity index is 1100. The standard InChI is InChI=1S/C19H15BrF4N4O2/c20-17-26-28(18(30)27(17)10-13-8-4-5-9-14(13)21)11-15(29)25-16(19(22,23)24)12-6-2-1-3-7-12/h1-9,16H,10-11H2,(H,25,29). The van der Waals surface area contributed by atoms with Gasteiger partial charge in [-0.1, -0.05) is 48.5 Å². The summed E-state index contributed by atoms with van der Waals surface area (Å²) >= 11 is 3.06. The molecule has 6 nitrogen and oxygen atoms in total. The number of hydrogen-bond donors (Lipinski definition) is 1. The minimum atomic E-state index is -4.73. The number of nitrogens with zero attached hydrogens (tertiary/aromatic N) is 3. The Kier molecular flexibility index (Phi) is 6.40. The molecule has 0 fully saturated rings. The van der Waals surface area contributed by atoms with E-state index in [1.165, 1.54) is 42.5 Å². The van der Waals surface area contributed by atoms with Crippen LogP contribution < -0.4 is 11.0 Å². The lowest BCUT2D eigenvalue weighted by molar-refractivity contribution is -0.163. The first-order valence-electron chi connectivity index (χ1n) is 8.64. The molecule has 0 aliphatic heterocycles. The van der Waals surface area contributed by atoms with Crippen molar-refractivity contribution < 1.29 is 22.4 Å². The first-order valence-corrected chi connectivity index (χ1v) is 9.43. The topological polar surface area (TPSA) is 68.9 Å². The summed E-state index contributed by atoms with van der Waals surface area (Å²) in [6, 6.07) is 10.4. The molecule has 1 atom stereocenters. The van der Waals surface area contributed by atoms with Gasteiger partial charge in [-0.05, 0) is 27.6 Å². The van der Waals surface area contributed by atoms with Gasteiger partial charge in [-0.25, -0.2) is 13.9 Å². The number of halogens is 5. The van der Waals surface area contributed by atoms with Crippen molar-refractivity contribution in [2.45, 2.75) is 25.3 Å². The molecule has 3 rings (SSSR count). The van der Waals surface area contributed by atoms with Gasteiger partial charge in [0.25, 0.3) is 0 Å². The van der Waals surface area contributed by atoms with E-state index in [0.717, 1.165) is 4.57 Å². The van der Waals surface area contributed by atoms with Crippen LogP contribution in [0.5, 0.6) is 0 Å². The van der Waals surface area contributed by atoms with Crippen molar-refractivity contribution in [1.29, 1.82) is 0 Å². The fourth-order valence-electron chi connectivity index (χ4n) is 2.79. The Labute approximate surface area is 176 Å². The van der Waals surface area contributed by atoms with Crippen molar-refractivity contribution in [3.8, 4) is 0 Å². The zero-order valence-electron chi connectivity index (χ0n) is 15.2. The molecule has 0 bridgehead atoms. The van der Waals surface area contributed by atoms with Crippen molar-refractivity contribution in [3.05, 3.63) is 86.8 Å². The highest BCUT2D eigenvalue weighted by molar-refractivity contribution is 9.10. The molecule has 0 aliphatic rings. The maximum absolute atomic E-state index is 13.8. The summed E-state index contributed by atoms with van der Waals surface area (Å²) < 4.78 is 55.8. The maximum Gasteiger partial charge on any atom is 0.412 e. The van der Waals surface area contributed by atoms with E-state index in [1.54, 1.807) is 12.1 Å². The lowest BCUT2D eigenvalue weighted by Crippen LogP contribution is -2.41. The SMILES string of the molecule is O=C(Cn1nc(Br)n(Cc2ccccc2F)c1=O)NC(c1ccccc1)C(F)(F)F. The molecule has 2 aromatic carbocycles. The van der Waals surface area contributed by atoms with Gasteiger partial charge in [0.1, 0.15) is 12.4 Å². The van der Waals surface area contributed by atoms with Crippen LogP contribution in [0.25, 0.3) is 0 Å². The fourth-order valence-corrected chi connectivity index (χ4v) is 3.26. The zero-order chi connectivity index (χ0) is 21.9. The predicted octanol–water partition coefficient (Wildman–Crippen LogP) is 3.41. The van der Waals surface area contributed by atoms with E-state index in [-0.39, 0.29) is 22.4 Å². The van der Waals surface area contributed by atoms with Gasteiger partial charge in [0, 0.05) is 5.56 Å². The van der Waals surface area contributed by atoms with Crippen molar-refractivity contribution in [1.82, 2.24) is 19.7 Å². The molecule has 11 heteroatoms. The number of carbonyl (C=O) groups is 1. The Morgan fingerprint density at radius 2 is 1.73 bits per heavy atom. The summed E-state index contributed by atoms with van der Waals surface area (Å²) in [5.41, 5.74) is -0.703. The van der Waals surface area contributed by atoms with Crippen LogP contribution in [0.2, 0.25) is 0 Å². The molecule has 0 aliphatic carbocycles. The van der Waals surface area contributed by atoms with Gasteiger partial charge >= 0.3 is 11.9 Å². The molecule has 0 radical (unpaired) electrons. The lowest BCUT2D eigenvalue weighted by Gasteiger charge is -2.21. The third-order valence-corrected chi connectivity index (χ3v) is 4.81. The Hall–Kier alpha value is -2.95. The Morgan fingerprint density at radius 3 is 2.37 bits per heavy atom. The summed E-state index contributed by atoms with van der Waals surface area (Å²) in [5.74, 6) is -1.58. The van der Waals surface area contributed by atoms with Crippen LogP contribution in [0.3, 0.4) is 0 Å². The van der Waals surface area contributed by atoms with Crippen LogP contribution in [0.15, 0.2) is 64.1 Å². The highest BCUT2D eigenvalue weighted by Gasteiger charge is 2.41. The number of hydrogen-bond acceptors (Lipinski definition) is 3. The molecule has 3 aromatic rings. The summed E-state index contributed by atoms with van der Waals surface area (Å²) in [6.45, 7) is -0.899. The van der Waals surface area contributed by atoms with Gasteiger partial charge < -0.3 is 5.32 Å². The van der Waals surface area contributed by atoms with Crippen LogP contribution in [0.4, 0.5) is 17.6 Å². The number of benzene rings is 2. The predicted molar refractivity (Wildman–Crippen MR) is 103 cm³/mol. The zero-order valence-corrected chi connectivity index (χ0v) is 16.8. The number of aromatic nitrogens is 3. The molecular formula is C19H15BrF4N4O2. The number of carbonyl (C=O) groups excluding carboxylic acids is 1. The molecular weight excluding hydrogens is 472 g/mol. The highest BCUT2D eigenvalue weighted by Crippen LogP contribution is 2.32. The number of rotatable bonds is 6. The van der Waals surface area contributed by atoms with Crippen LogP contribution in [0, 0.1) is 5.82 Å². The molecule has 1 heterocycles. The fraction of sp³-hybridized carbons (Fsp3) is 0.211. The normalized spacial score (nSPS) is 12.6. The molecule has 1 N–H and O–H groups in total. The monoisotopic (exact) mass is 486 g/mol. The van der Waals surface area contributed by atoms with Gasteiger partial charge in [0.15, 0.2) is 6.04 Å². The quantitative estimate of drug-likeness (QED) is 0.542. The maximum atomic E-state index is 13.8. The first-order chi connectivity index (χ1) is 14.2. The third-order valence-electron chi connectivity index (χ3n) is 4.22. The van der Waals surface area contributed by atoms with Crippen LogP contribution >= 0.6 is 15.9 Å². The Morgan fingerprint density at radius 1 is 1.10 bits per heavy atom. The van der Waals surface area contributed by atoms with Gasteiger partial charge in [-0.15, -0.1) is 5.10 Å². The average Bonchev–Trinajstić information content (AvgIpc) is 2.95. The van der Waals surface area contributed by atoms with E-state index in [1.807, 2.05) is 5.32 Å². The van der Waals surface area contributed by atoms with Gasteiger partial charge in [0.05, 0.1) is 6.54 Å². The van der Waals surface area contributed by atoms with E-state index in [0.29, 0.717) is 4.68 Å². The van der Waals surface area contributed by atoms with E-state index in [2.05, 4.69) is 21.0 Å². The van der Waals surface area contributed by atoms with E-state index >= 15 is 0 Å². The minimum absolute atomic E-state index is 0.0129. The van der Waals surface area contributed by atoms with E-state index in [4.69, 9.17) is 0 Å². The Balaban J connectivity index is 1.78.